The molecular weight excluding hydrogens is 219 g/mol. The normalized spacial score (nSPS) is 14.5. The standard InChI is InChI=1S/C9H19ClN2OP/c1-7(2)14(12,8(3)4)13-9(10)5-6-11/h7-9H,5,12H2,1-4H3/q+1. The maximum Gasteiger partial charge on any atom is 0.217 e. The molecule has 0 rings (SSSR count). The van der Waals surface area contributed by atoms with Crippen molar-refractivity contribution in [3.63, 3.8) is 0 Å². The van der Waals surface area contributed by atoms with Gasteiger partial charge in [-0.3, -0.25) is 0 Å². The lowest BCUT2D eigenvalue weighted by Gasteiger charge is -2.29. The average molecular weight is 238 g/mol. The molecule has 0 aliphatic carbocycles. The summed E-state index contributed by atoms with van der Waals surface area (Å²) in [6.45, 7) is 8.13. The number of nitrogens with zero attached hydrogens (tertiary/aromatic N) is 1. The van der Waals surface area contributed by atoms with E-state index >= 15 is 0 Å². The van der Waals surface area contributed by atoms with Crippen molar-refractivity contribution < 1.29 is 4.52 Å². The van der Waals surface area contributed by atoms with Gasteiger partial charge in [0.25, 0.3) is 0 Å². The maximum atomic E-state index is 8.47. The molecule has 2 N–H and O–H groups in total. The molecule has 0 spiro atoms. The molecule has 0 fully saturated rings. The lowest BCUT2D eigenvalue weighted by molar-refractivity contribution is 0.299. The van der Waals surface area contributed by atoms with Crippen molar-refractivity contribution in [3.05, 3.63) is 0 Å². The summed E-state index contributed by atoms with van der Waals surface area (Å²) in [5.74, 6) is 0. The molecule has 82 valence electrons. The Morgan fingerprint density at radius 1 is 1.36 bits per heavy atom. The summed E-state index contributed by atoms with van der Waals surface area (Å²) in [6, 6.07) is 1.97. The third-order valence-corrected chi connectivity index (χ3v) is 6.38. The molecule has 1 atom stereocenters. The minimum atomic E-state index is -1.98. The highest BCUT2D eigenvalue weighted by atomic mass is 35.5. The molecular formula is C9H19ClN2OP+. The molecule has 0 bridgehead atoms. The van der Waals surface area contributed by atoms with Gasteiger partial charge < -0.3 is 0 Å². The largest absolute Gasteiger partial charge is 0.217 e. The van der Waals surface area contributed by atoms with Crippen LogP contribution in [0, 0.1) is 11.3 Å². The van der Waals surface area contributed by atoms with E-state index in [-0.39, 0.29) is 17.7 Å². The smallest absolute Gasteiger partial charge is 0.199 e. The van der Waals surface area contributed by atoms with Crippen molar-refractivity contribution in [2.24, 2.45) is 5.50 Å². The number of rotatable bonds is 5. The van der Waals surface area contributed by atoms with Gasteiger partial charge in [-0.2, -0.15) is 15.3 Å². The second-order valence-electron chi connectivity index (χ2n) is 3.83. The summed E-state index contributed by atoms with van der Waals surface area (Å²) in [6.07, 6.45) is 0.181. The van der Waals surface area contributed by atoms with E-state index < -0.39 is 13.2 Å². The van der Waals surface area contributed by atoms with E-state index in [1.807, 2.05) is 33.8 Å². The minimum absolute atomic E-state index is 0.181. The Bertz CT molecular complexity index is 207. The van der Waals surface area contributed by atoms with Crippen LogP contribution in [-0.2, 0) is 4.52 Å². The van der Waals surface area contributed by atoms with E-state index in [2.05, 4.69) is 0 Å². The molecule has 0 amide bonds. The number of nitriles is 1. The fraction of sp³-hybridized carbons (Fsp3) is 0.889. The molecule has 14 heavy (non-hydrogen) atoms. The van der Waals surface area contributed by atoms with Crippen LogP contribution in [0.2, 0.25) is 0 Å². The highest BCUT2D eigenvalue weighted by Gasteiger charge is 2.45. The lowest BCUT2D eigenvalue weighted by Crippen LogP contribution is -2.27. The van der Waals surface area contributed by atoms with Gasteiger partial charge in [-0.25, -0.2) is 0 Å². The molecule has 0 saturated heterocycles. The zero-order valence-corrected chi connectivity index (χ0v) is 10.8. The average Bonchev–Trinajstić information content (AvgIpc) is 2.03. The predicted molar refractivity (Wildman–Crippen MR) is 62.3 cm³/mol. The maximum absolute atomic E-state index is 8.47. The Hall–Kier alpha value is 0.130. The summed E-state index contributed by atoms with van der Waals surface area (Å²) in [5, 5.41) is 8.47. The Morgan fingerprint density at radius 2 is 1.79 bits per heavy atom. The van der Waals surface area contributed by atoms with Crippen LogP contribution in [0.4, 0.5) is 0 Å². The molecule has 5 heteroatoms. The van der Waals surface area contributed by atoms with Crippen LogP contribution in [-0.4, -0.2) is 16.9 Å². The fourth-order valence-electron chi connectivity index (χ4n) is 1.15. The first-order valence-corrected chi connectivity index (χ1v) is 7.06. The van der Waals surface area contributed by atoms with E-state index in [4.69, 9.17) is 26.9 Å². The zero-order valence-electron chi connectivity index (χ0n) is 9.20. The van der Waals surface area contributed by atoms with Crippen LogP contribution in [0.1, 0.15) is 34.1 Å². The summed E-state index contributed by atoms with van der Waals surface area (Å²) in [5.41, 5.74) is 6.16. The van der Waals surface area contributed by atoms with Gasteiger partial charge >= 0.3 is 0 Å². The Kier molecular flexibility index (Phi) is 5.93. The highest BCUT2D eigenvalue weighted by molar-refractivity contribution is 7.70. The number of hydrogen-bond acceptors (Lipinski definition) is 3. The third kappa shape index (κ3) is 3.71. The first-order valence-electron chi connectivity index (χ1n) is 4.71. The quantitative estimate of drug-likeness (QED) is 0.590. The van der Waals surface area contributed by atoms with Gasteiger partial charge in [0.05, 0.1) is 12.5 Å². The summed E-state index contributed by atoms with van der Waals surface area (Å²) in [4.78, 5) is 0. The predicted octanol–water partition coefficient (Wildman–Crippen LogP) is 3.10. The number of halogens is 1. The van der Waals surface area contributed by atoms with E-state index in [9.17, 15) is 0 Å². The molecule has 1 unspecified atom stereocenters. The van der Waals surface area contributed by atoms with E-state index in [0.717, 1.165) is 0 Å². The van der Waals surface area contributed by atoms with Crippen LogP contribution < -0.4 is 5.50 Å². The molecule has 0 heterocycles. The molecule has 0 radical (unpaired) electrons. The van der Waals surface area contributed by atoms with Gasteiger partial charge in [0.1, 0.15) is 11.3 Å². The summed E-state index contributed by atoms with van der Waals surface area (Å²) >= 11 is 5.86. The van der Waals surface area contributed by atoms with Gasteiger partial charge in [0.2, 0.25) is 7.64 Å². The molecule has 0 aliphatic heterocycles. The summed E-state index contributed by atoms with van der Waals surface area (Å²) < 4.78 is 5.63. The lowest BCUT2D eigenvalue weighted by atomic mass is 10.5. The first kappa shape index (κ1) is 14.1. The molecule has 0 aromatic carbocycles. The SMILES string of the molecule is CC(C)[P+](N)(OC(Cl)CC#N)C(C)C. The number of nitrogens with two attached hydrogens (primary N) is 1. The van der Waals surface area contributed by atoms with Gasteiger partial charge in [0, 0.05) is 0 Å². The van der Waals surface area contributed by atoms with Crippen molar-refractivity contribution in [1.82, 2.24) is 0 Å². The molecule has 0 saturated carbocycles. The molecule has 0 aromatic heterocycles. The zero-order chi connectivity index (χ0) is 11.4. The van der Waals surface area contributed by atoms with E-state index in [1.54, 1.807) is 0 Å². The second kappa shape index (κ2) is 5.88. The van der Waals surface area contributed by atoms with E-state index in [0.29, 0.717) is 0 Å². The van der Waals surface area contributed by atoms with Gasteiger partial charge in [-0.05, 0) is 27.7 Å². The van der Waals surface area contributed by atoms with Gasteiger partial charge in [-0.1, -0.05) is 11.6 Å². The third-order valence-electron chi connectivity index (χ3n) is 2.16. The second-order valence-corrected chi connectivity index (χ2v) is 8.12. The van der Waals surface area contributed by atoms with Gasteiger partial charge in [0.15, 0.2) is 5.56 Å². The number of alkyl halides is 1. The van der Waals surface area contributed by atoms with Crippen molar-refractivity contribution in [2.45, 2.75) is 51.0 Å². The monoisotopic (exact) mass is 237 g/mol. The topological polar surface area (TPSA) is 59.0 Å². The van der Waals surface area contributed by atoms with Crippen molar-refractivity contribution in [1.29, 1.82) is 5.26 Å². The minimum Gasteiger partial charge on any atom is -0.199 e. The van der Waals surface area contributed by atoms with Crippen molar-refractivity contribution in [3.8, 4) is 6.07 Å². The molecule has 0 aliphatic rings. The van der Waals surface area contributed by atoms with Crippen LogP contribution in [0.25, 0.3) is 0 Å². The van der Waals surface area contributed by atoms with Crippen molar-refractivity contribution in [2.75, 3.05) is 0 Å². The first-order chi connectivity index (χ1) is 6.34. The van der Waals surface area contributed by atoms with Crippen molar-refractivity contribution >= 4 is 19.2 Å². The van der Waals surface area contributed by atoms with Crippen LogP contribution in [0.3, 0.4) is 0 Å². The summed E-state index contributed by atoms with van der Waals surface area (Å²) in [7, 11) is -1.98. The van der Waals surface area contributed by atoms with Crippen LogP contribution in [0.15, 0.2) is 0 Å². The van der Waals surface area contributed by atoms with E-state index in [1.165, 1.54) is 0 Å². The molecule has 0 aromatic rings. The fourth-order valence-corrected chi connectivity index (χ4v) is 3.78. The Balaban J connectivity index is 4.46. The Morgan fingerprint density at radius 3 is 2.07 bits per heavy atom. The Labute approximate surface area is 92.0 Å². The molecule has 3 nitrogen and oxygen atoms in total. The van der Waals surface area contributed by atoms with Gasteiger partial charge in [-0.15, -0.1) is 0 Å². The van der Waals surface area contributed by atoms with Crippen LogP contribution in [0.5, 0.6) is 0 Å². The number of hydrogen-bond donors (Lipinski definition) is 1. The van der Waals surface area contributed by atoms with Crippen LogP contribution >= 0.6 is 19.2 Å². The highest BCUT2D eigenvalue weighted by Crippen LogP contribution is 2.61.